The molecule has 64 valence electrons. The predicted molar refractivity (Wildman–Crippen MR) is 41.4 cm³/mol. The minimum Gasteiger partial charge on any atom is -0.465 e. The van der Waals surface area contributed by atoms with Gasteiger partial charge in [0, 0.05) is 12.0 Å². The monoisotopic (exact) mass is 158 g/mol. The third kappa shape index (κ3) is 1.83. The first kappa shape index (κ1) is 8.33. The molecule has 1 fully saturated rings. The average molecular weight is 158 g/mol. The first-order chi connectivity index (χ1) is 5.18. The molecule has 1 rings (SSSR count). The standard InChI is InChI=1S/C7H14N2O2/c8-4-7(2-1-3-7)5-9-6(10)11/h9H,1-5,8H2,(H,10,11). The van der Waals surface area contributed by atoms with Crippen molar-refractivity contribution in [3.63, 3.8) is 0 Å². The molecule has 1 amide bonds. The number of hydrogen-bond acceptors (Lipinski definition) is 2. The quantitative estimate of drug-likeness (QED) is 0.556. The molecule has 1 saturated carbocycles. The second kappa shape index (κ2) is 3.09. The van der Waals surface area contributed by atoms with Gasteiger partial charge in [0.05, 0.1) is 0 Å². The summed E-state index contributed by atoms with van der Waals surface area (Å²) in [6.07, 6.45) is 2.34. The van der Waals surface area contributed by atoms with Crippen molar-refractivity contribution in [1.29, 1.82) is 0 Å². The Morgan fingerprint density at radius 1 is 1.64 bits per heavy atom. The highest BCUT2D eigenvalue weighted by molar-refractivity contribution is 5.64. The molecule has 0 unspecified atom stereocenters. The zero-order valence-corrected chi connectivity index (χ0v) is 6.47. The lowest BCUT2D eigenvalue weighted by Gasteiger charge is -2.40. The molecule has 11 heavy (non-hydrogen) atoms. The van der Waals surface area contributed by atoms with E-state index in [2.05, 4.69) is 5.32 Å². The summed E-state index contributed by atoms with van der Waals surface area (Å²) < 4.78 is 0. The van der Waals surface area contributed by atoms with Gasteiger partial charge in [0.25, 0.3) is 0 Å². The van der Waals surface area contributed by atoms with E-state index in [4.69, 9.17) is 10.8 Å². The minimum absolute atomic E-state index is 0.0817. The van der Waals surface area contributed by atoms with Crippen LogP contribution < -0.4 is 11.1 Å². The van der Waals surface area contributed by atoms with E-state index in [-0.39, 0.29) is 5.41 Å². The highest BCUT2D eigenvalue weighted by atomic mass is 16.4. The van der Waals surface area contributed by atoms with Crippen molar-refractivity contribution >= 4 is 6.09 Å². The van der Waals surface area contributed by atoms with E-state index < -0.39 is 6.09 Å². The predicted octanol–water partition coefficient (Wildman–Crippen LogP) is 0.383. The minimum atomic E-state index is -0.954. The van der Waals surface area contributed by atoms with Gasteiger partial charge in [-0.3, -0.25) is 0 Å². The van der Waals surface area contributed by atoms with Crippen LogP contribution in [-0.4, -0.2) is 24.3 Å². The molecule has 0 radical (unpaired) electrons. The highest BCUT2D eigenvalue weighted by Crippen LogP contribution is 2.38. The zero-order chi connectivity index (χ0) is 8.32. The van der Waals surface area contributed by atoms with E-state index in [9.17, 15) is 4.79 Å². The molecule has 1 aliphatic rings. The number of carboxylic acid groups (broad SMARTS) is 1. The van der Waals surface area contributed by atoms with Crippen molar-refractivity contribution in [2.24, 2.45) is 11.1 Å². The molecule has 0 saturated heterocycles. The Balaban J connectivity index is 2.27. The molecule has 0 bridgehead atoms. The van der Waals surface area contributed by atoms with Crippen LogP contribution in [0.5, 0.6) is 0 Å². The van der Waals surface area contributed by atoms with Gasteiger partial charge in [-0.15, -0.1) is 0 Å². The summed E-state index contributed by atoms with van der Waals surface area (Å²) in [6.45, 7) is 1.10. The Morgan fingerprint density at radius 2 is 2.27 bits per heavy atom. The third-order valence-corrected chi connectivity index (χ3v) is 2.46. The van der Waals surface area contributed by atoms with Crippen LogP contribution in [0.3, 0.4) is 0 Å². The molecule has 0 heterocycles. The number of nitrogens with one attached hydrogen (secondary N) is 1. The van der Waals surface area contributed by atoms with Crippen molar-refractivity contribution in [2.75, 3.05) is 13.1 Å². The highest BCUT2D eigenvalue weighted by Gasteiger charge is 2.35. The first-order valence-electron chi connectivity index (χ1n) is 3.85. The normalized spacial score (nSPS) is 20.5. The second-order valence-corrected chi connectivity index (χ2v) is 3.22. The van der Waals surface area contributed by atoms with E-state index in [1.54, 1.807) is 0 Å². The zero-order valence-electron chi connectivity index (χ0n) is 6.47. The SMILES string of the molecule is NCC1(CNC(=O)O)CCC1. The molecular formula is C7H14N2O2. The van der Waals surface area contributed by atoms with Crippen molar-refractivity contribution in [3.8, 4) is 0 Å². The van der Waals surface area contributed by atoms with Gasteiger partial charge in [-0.05, 0) is 19.4 Å². The van der Waals surface area contributed by atoms with Crippen LogP contribution in [0.25, 0.3) is 0 Å². The number of amides is 1. The van der Waals surface area contributed by atoms with Crippen LogP contribution in [-0.2, 0) is 0 Å². The van der Waals surface area contributed by atoms with Gasteiger partial charge < -0.3 is 16.2 Å². The van der Waals surface area contributed by atoms with Crippen LogP contribution in [0.15, 0.2) is 0 Å². The first-order valence-corrected chi connectivity index (χ1v) is 3.85. The van der Waals surface area contributed by atoms with Gasteiger partial charge in [0.15, 0.2) is 0 Å². The van der Waals surface area contributed by atoms with E-state index in [1.807, 2.05) is 0 Å². The summed E-state index contributed by atoms with van der Waals surface area (Å²) in [5, 5.41) is 10.7. The van der Waals surface area contributed by atoms with Gasteiger partial charge in [0.2, 0.25) is 0 Å². The van der Waals surface area contributed by atoms with E-state index in [1.165, 1.54) is 6.42 Å². The maximum atomic E-state index is 10.1. The number of carbonyl (C=O) groups is 1. The average Bonchev–Trinajstić information content (AvgIpc) is 1.86. The maximum Gasteiger partial charge on any atom is 0.404 e. The van der Waals surface area contributed by atoms with Crippen LogP contribution in [0.2, 0.25) is 0 Å². The maximum absolute atomic E-state index is 10.1. The molecule has 0 spiro atoms. The van der Waals surface area contributed by atoms with Gasteiger partial charge in [0.1, 0.15) is 0 Å². The third-order valence-electron chi connectivity index (χ3n) is 2.46. The summed E-state index contributed by atoms with van der Waals surface area (Å²) in [5.41, 5.74) is 5.60. The summed E-state index contributed by atoms with van der Waals surface area (Å²) in [5.74, 6) is 0. The van der Waals surface area contributed by atoms with Gasteiger partial charge in [-0.2, -0.15) is 0 Å². The van der Waals surface area contributed by atoms with Crippen LogP contribution in [0.4, 0.5) is 4.79 Å². The fourth-order valence-corrected chi connectivity index (χ4v) is 1.39. The molecule has 0 aliphatic heterocycles. The van der Waals surface area contributed by atoms with Gasteiger partial charge >= 0.3 is 6.09 Å². The Bertz CT molecular complexity index is 149. The topological polar surface area (TPSA) is 75.3 Å². The molecular weight excluding hydrogens is 144 g/mol. The largest absolute Gasteiger partial charge is 0.465 e. The van der Waals surface area contributed by atoms with Crippen LogP contribution in [0, 0.1) is 5.41 Å². The Hall–Kier alpha value is -0.770. The molecule has 0 aromatic rings. The van der Waals surface area contributed by atoms with Gasteiger partial charge in [-0.1, -0.05) is 6.42 Å². The Kier molecular flexibility index (Phi) is 2.34. The number of nitrogens with two attached hydrogens (primary N) is 1. The fraction of sp³-hybridized carbons (Fsp3) is 0.857. The lowest BCUT2D eigenvalue weighted by atomic mass is 9.69. The summed E-state index contributed by atoms with van der Waals surface area (Å²) >= 11 is 0. The number of rotatable bonds is 3. The smallest absolute Gasteiger partial charge is 0.404 e. The molecule has 4 heteroatoms. The Labute approximate surface area is 65.8 Å². The second-order valence-electron chi connectivity index (χ2n) is 3.22. The molecule has 1 aliphatic carbocycles. The van der Waals surface area contributed by atoms with Gasteiger partial charge in [-0.25, -0.2) is 4.79 Å². The van der Waals surface area contributed by atoms with Crippen LogP contribution >= 0.6 is 0 Å². The van der Waals surface area contributed by atoms with E-state index in [0.29, 0.717) is 13.1 Å². The van der Waals surface area contributed by atoms with E-state index >= 15 is 0 Å². The lowest BCUT2D eigenvalue weighted by molar-refractivity contribution is 0.133. The fourth-order valence-electron chi connectivity index (χ4n) is 1.39. The van der Waals surface area contributed by atoms with Crippen molar-refractivity contribution in [2.45, 2.75) is 19.3 Å². The van der Waals surface area contributed by atoms with Crippen LogP contribution in [0.1, 0.15) is 19.3 Å². The van der Waals surface area contributed by atoms with Crippen molar-refractivity contribution < 1.29 is 9.90 Å². The summed E-state index contributed by atoms with van der Waals surface area (Å²) in [4.78, 5) is 10.1. The molecule has 4 nitrogen and oxygen atoms in total. The molecule has 4 N–H and O–H groups in total. The molecule has 0 atom stereocenters. The Morgan fingerprint density at radius 3 is 2.55 bits per heavy atom. The van der Waals surface area contributed by atoms with Crippen molar-refractivity contribution in [1.82, 2.24) is 5.32 Å². The summed E-state index contributed by atoms with van der Waals surface area (Å²) in [7, 11) is 0. The molecule has 0 aromatic heterocycles. The molecule has 0 aromatic carbocycles. The number of hydrogen-bond donors (Lipinski definition) is 3. The summed E-state index contributed by atoms with van der Waals surface area (Å²) in [6, 6.07) is 0. The van der Waals surface area contributed by atoms with E-state index in [0.717, 1.165) is 12.8 Å². The lowest BCUT2D eigenvalue weighted by Crippen LogP contribution is -2.46. The van der Waals surface area contributed by atoms with Crippen molar-refractivity contribution in [3.05, 3.63) is 0 Å².